The fourth-order valence-electron chi connectivity index (χ4n) is 4.12. The lowest BCUT2D eigenvalue weighted by Gasteiger charge is -2.40. The summed E-state index contributed by atoms with van der Waals surface area (Å²) in [5, 5.41) is 3.44. The second-order valence-corrected chi connectivity index (χ2v) is 7.24. The molecule has 1 unspecified atom stereocenters. The first-order valence-corrected chi connectivity index (χ1v) is 9.20. The fourth-order valence-corrected chi connectivity index (χ4v) is 4.12. The van der Waals surface area contributed by atoms with Crippen LogP contribution >= 0.6 is 0 Å². The zero-order valence-electron chi connectivity index (χ0n) is 14.1. The van der Waals surface area contributed by atoms with Gasteiger partial charge in [-0.1, -0.05) is 0 Å². The summed E-state index contributed by atoms with van der Waals surface area (Å²) >= 11 is 0. The molecule has 1 atom stereocenters. The van der Waals surface area contributed by atoms with Gasteiger partial charge < -0.3 is 15.1 Å². The third kappa shape index (κ3) is 4.00. The van der Waals surface area contributed by atoms with Crippen LogP contribution in [0.3, 0.4) is 0 Å². The van der Waals surface area contributed by atoms with E-state index in [1.54, 1.807) is 0 Å². The van der Waals surface area contributed by atoms with Crippen LogP contribution in [0, 0.1) is 5.92 Å². The molecule has 0 spiro atoms. The van der Waals surface area contributed by atoms with Crippen molar-refractivity contribution in [2.24, 2.45) is 5.92 Å². The standard InChI is InChI=1S/C17H32N4O/c1-15(17(22)21-8-2-3-9-21)20-12-10-19(11-13-20)14-16-4-6-18-7-5-16/h15-16,18H,2-14H2,1H3. The van der Waals surface area contributed by atoms with Gasteiger partial charge in [0, 0.05) is 45.8 Å². The number of rotatable bonds is 4. The summed E-state index contributed by atoms with van der Waals surface area (Å²) in [6.45, 7) is 12.0. The lowest BCUT2D eigenvalue weighted by atomic mass is 9.97. The number of amides is 1. The molecule has 1 amide bonds. The SMILES string of the molecule is CC(C(=O)N1CCCC1)N1CCN(CC2CCNCC2)CC1. The van der Waals surface area contributed by atoms with Gasteiger partial charge in [0.25, 0.3) is 0 Å². The van der Waals surface area contributed by atoms with Gasteiger partial charge in [-0.15, -0.1) is 0 Å². The first kappa shape index (κ1) is 16.2. The third-order valence-electron chi connectivity index (χ3n) is 5.70. The maximum Gasteiger partial charge on any atom is 0.239 e. The van der Waals surface area contributed by atoms with Crippen LogP contribution in [-0.4, -0.2) is 85.6 Å². The molecular formula is C17H32N4O. The number of carbonyl (C=O) groups excluding carboxylic acids is 1. The summed E-state index contributed by atoms with van der Waals surface area (Å²) in [7, 11) is 0. The molecule has 3 fully saturated rings. The Bertz CT molecular complexity index is 356. The van der Waals surface area contributed by atoms with Gasteiger partial charge in [-0.2, -0.15) is 0 Å². The Morgan fingerprint density at radius 1 is 1.05 bits per heavy atom. The van der Waals surface area contributed by atoms with Gasteiger partial charge >= 0.3 is 0 Å². The van der Waals surface area contributed by atoms with E-state index in [2.05, 4.69) is 26.9 Å². The Hall–Kier alpha value is -0.650. The summed E-state index contributed by atoms with van der Waals surface area (Å²) in [5.74, 6) is 1.22. The van der Waals surface area contributed by atoms with Gasteiger partial charge in [-0.05, 0) is 51.6 Å². The molecule has 1 N–H and O–H groups in total. The maximum absolute atomic E-state index is 12.5. The zero-order valence-corrected chi connectivity index (χ0v) is 14.1. The van der Waals surface area contributed by atoms with Crippen LogP contribution < -0.4 is 5.32 Å². The summed E-state index contributed by atoms with van der Waals surface area (Å²) in [6, 6.07) is 0.0686. The highest BCUT2D eigenvalue weighted by atomic mass is 16.2. The number of likely N-dealkylation sites (tertiary alicyclic amines) is 1. The summed E-state index contributed by atoms with van der Waals surface area (Å²) < 4.78 is 0. The Labute approximate surface area is 135 Å². The largest absolute Gasteiger partial charge is 0.341 e. The Morgan fingerprint density at radius 2 is 1.68 bits per heavy atom. The van der Waals surface area contributed by atoms with Crippen molar-refractivity contribution in [3.63, 3.8) is 0 Å². The molecule has 3 rings (SSSR count). The smallest absolute Gasteiger partial charge is 0.239 e. The van der Waals surface area contributed by atoms with E-state index in [0.717, 1.165) is 45.2 Å². The Balaban J connectivity index is 1.41. The minimum atomic E-state index is 0.0686. The van der Waals surface area contributed by atoms with E-state index in [4.69, 9.17) is 0 Å². The molecule has 22 heavy (non-hydrogen) atoms. The lowest BCUT2D eigenvalue weighted by Crippen LogP contribution is -2.55. The number of nitrogens with zero attached hydrogens (tertiary/aromatic N) is 3. The van der Waals surface area contributed by atoms with Crippen molar-refractivity contribution in [1.82, 2.24) is 20.0 Å². The number of hydrogen-bond acceptors (Lipinski definition) is 4. The molecule has 126 valence electrons. The highest BCUT2D eigenvalue weighted by Crippen LogP contribution is 2.17. The topological polar surface area (TPSA) is 38.8 Å². The van der Waals surface area contributed by atoms with Crippen LogP contribution in [0.1, 0.15) is 32.6 Å². The number of piperazine rings is 1. The van der Waals surface area contributed by atoms with E-state index in [9.17, 15) is 4.79 Å². The average Bonchev–Trinajstić information content (AvgIpc) is 3.10. The van der Waals surface area contributed by atoms with Gasteiger partial charge in [0.2, 0.25) is 5.91 Å². The zero-order chi connectivity index (χ0) is 15.4. The normalized spacial score (nSPS) is 27.2. The number of carbonyl (C=O) groups is 1. The molecule has 0 aromatic rings. The van der Waals surface area contributed by atoms with E-state index in [1.807, 2.05) is 0 Å². The fraction of sp³-hybridized carbons (Fsp3) is 0.941. The van der Waals surface area contributed by atoms with E-state index in [0.29, 0.717) is 5.91 Å². The monoisotopic (exact) mass is 308 g/mol. The van der Waals surface area contributed by atoms with Crippen LogP contribution in [0.5, 0.6) is 0 Å². The first-order chi connectivity index (χ1) is 10.7. The van der Waals surface area contributed by atoms with Crippen molar-refractivity contribution in [3.8, 4) is 0 Å². The van der Waals surface area contributed by atoms with Crippen molar-refractivity contribution >= 4 is 5.91 Å². The minimum absolute atomic E-state index is 0.0686. The summed E-state index contributed by atoms with van der Waals surface area (Å²) in [5.41, 5.74) is 0. The van der Waals surface area contributed by atoms with Crippen LogP contribution in [0.4, 0.5) is 0 Å². The third-order valence-corrected chi connectivity index (χ3v) is 5.70. The Morgan fingerprint density at radius 3 is 2.32 bits per heavy atom. The van der Waals surface area contributed by atoms with Gasteiger partial charge in [-0.25, -0.2) is 0 Å². The van der Waals surface area contributed by atoms with E-state index < -0.39 is 0 Å². The second-order valence-electron chi connectivity index (χ2n) is 7.24. The van der Waals surface area contributed by atoms with Crippen molar-refractivity contribution in [3.05, 3.63) is 0 Å². The minimum Gasteiger partial charge on any atom is -0.341 e. The van der Waals surface area contributed by atoms with Crippen molar-refractivity contribution in [1.29, 1.82) is 0 Å². The molecule has 0 aromatic carbocycles. The Kier molecular flexibility index (Phi) is 5.71. The predicted molar refractivity (Wildman–Crippen MR) is 88.9 cm³/mol. The molecule has 3 heterocycles. The maximum atomic E-state index is 12.5. The highest BCUT2D eigenvalue weighted by Gasteiger charge is 2.30. The van der Waals surface area contributed by atoms with Gasteiger partial charge in [-0.3, -0.25) is 9.69 Å². The molecule has 3 aliphatic rings. The van der Waals surface area contributed by atoms with Crippen molar-refractivity contribution in [2.45, 2.75) is 38.6 Å². The van der Waals surface area contributed by atoms with Crippen molar-refractivity contribution < 1.29 is 4.79 Å². The first-order valence-electron chi connectivity index (χ1n) is 9.20. The number of piperidine rings is 1. The molecule has 0 bridgehead atoms. The van der Waals surface area contributed by atoms with E-state index >= 15 is 0 Å². The molecule has 0 saturated carbocycles. The van der Waals surface area contributed by atoms with Crippen LogP contribution in [0.15, 0.2) is 0 Å². The van der Waals surface area contributed by atoms with E-state index in [-0.39, 0.29) is 6.04 Å². The number of nitrogens with one attached hydrogen (secondary N) is 1. The molecule has 0 radical (unpaired) electrons. The molecule has 5 heteroatoms. The number of hydrogen-bond donors (Lipinski definition) is 1. The molecule has 3 saturated heterocycles. The highest BCUT2D eigenvalue weighted by molar-refractivity contribution is 5.81. The predicted octanol–water partition coefficient (Wildman–Crippen LogP) is 0.615. The van der Waals surface area contributed by atoms with Crippen LogP contribution in [0.2, 0.25) is 0 Å². The molecule has 5 nitrogen and oxygen atoms in total. The van der Waals surface area contributed by atoms with Crippen LogP contribution in [-0.2, 0) is 4.79 Å². The summed E-state index contributed by atoms with van der Waals surface area (Å²) in [4.78, 5) is 19.6. The molecule has 0 aliphatic carbocycles. The average molecular weight is 308 g/mol. The molecule has 3 aliphatic heterocycles. The lowest BCUT2D eigenvalue weighted by molar-refractivity contribution is -0.136. The van der Waals surface area contributed by atoms with Crippen LogP contribution in [0.25, 0.3) is 0 Å². The van der Waals surface area contributed by atoms with Crippen molar-refractivity contribution in [2.75, 3.05) is 58.9 Å². The summed E-state index contributed by atoms with van der Waals surface area (Å²) in [6.07, 6.45) is 5.01. The quantitative estimate of drug-likeness (QED) is 0.826. The van der Waals surface area contributed by atoms with Gasteiger partial charge in [0.1, 0.15) is 0 Å². The van der Waals surface area contributed by atoms with E-state index in [1.165, 1.54) is 45.3 Å². The van der Waals surface area contributed by atoms with Gasteiger partial charge in [0.15, 0.2) is 0 Å². The molecular weight excluding hydrogens is 276 g/mol. The molecule has 0 aromatic heterocycles. The van der Waals surface area contributed by atoms with Gasteiger partial charge in [0.05, 0.1) is 6.04 Å². The second kappa shape index (κ2) is 7.75.